The maximum atomic E-state index is 10.5. The second kappa shape index (κ2) is 6.04. The van der Waals surface area contributed by atoms with Crippen LogP contribution >= 0.6 is 0 Å². The van der Waals surface area contributed by atoms with Crippen molar-refractivity contribution in [3.8, 4) is 0 Å². The smallest absolute Gasteiger partial charge is 0.151 e. The minimum atomic E-state index is -1.14. The van der Waals surface area contributed by atoms with E-state index in [0.717, 1.165) is 0 Å². The number of aliphatic hydroxyl groups excluding tert-OH is 2. The van der Waals surface area contributed by atoms with Crippen molar-refractivity contribution >= 4 is 6.29 Å². The lowest BCUT2D eigenvalue weighted by Crippen LogP contribution is -2.46. The Morgan fingerprint density at radius 3 is 2.00 bits per heavy atom. The molecule has 0 saturated carbocycles. The molecule has 0 aliphatic carbocycles. The van der Waals surface area contributed by atoms with E-state index in [-0.39, 0.29) is 0 Å². The average Bonchev–Trinajstić information content (AvgIpc) is 2.12. The molecule has 5 heteroatoms. The fourth-order valence-electron chi connectivity index (χ4n) is 1.01. The summed E-state index contributed by atoms with van der Waals surface area (Å²) in [6.45, 7) is 1.41. The van der Waals surface area contributed by atoms with E-state index in [0.29, 0.717) is 6.29 Å². The number of ether oxygens (including phenoxy) is 2. The zero-order valence-corrected chi connectivity index (χ0v) is 8.01. The highest BCUT2D eigenvalue weighted by Gasteiger charge is 2.31. The van der Waals surface area contributed by atoms with Gasteiger partial charge in [-0.1, -0.05) is 0 Å². The summed E-state index contributed by atoms with van der Waals surface area (Å²) >= 11 is 0. The number of aldehydes is 1. The minimum absolute atomic E-state index is 0.528. The monoisotopic (exact) mass is 192 g/mol. The molecule has 0 bridgehead atoms. The van der Waals surface area contributed by atoms with Gasteiger partial charge in [0.05, 0.1) is 6.10 Å². The van der Waals surface area contributed by atoms with Crippen molar-refractivity contribution in [2.75, 3.05) is 14.2 Å². The van der Waals surface area contributed by atoms with Crippen LogP contribution in [0.3, 0.4) is 0 Å². The first-order valence-corrected chi connectivity index (χ1v) is 3.95. The third-order valence-electron chi connectivity index (χ3n) is 1.83. The van der Waals surface area contributed by atoms with Crippen LogP contribution in [0.5, 0.6) is 0 Å². The first-order chi connectivity index (χ1) is 6.08. The summed E-state index contributed by atoms with van der Waals surface area (Å²) in [4.78, 5) is 10.5. The molecular formula is C8H16O5. The Balaban J connectivity index is 4.37. The van der Waals surface area contributed by atoms with Gasteiger partial charge in [0, 0.05) is 14.2 Å². The van der Waals surface area contributed by atoms with E-state index >= 15 is 0 Å². The lowest BCUT2D eigenvalue weighted by atomic mass is 10.0. The van der Waals surface area contributed by atoms with Gasteiger partial charge in [0.1, 0.15) is 18.3 Å². The highest BCUT2D eigenvalue weighted by atomic mass is 16.5. The van der Waals surface area contributed by atoms with Crippen LogP contribution in [0.15, 0.2) is 0 Å². The van der Waals surface area contributed by atoms with Crippen LogP contribution in [-0.4, -0.2) is 55.1 Å². The Bertz CT molecular complexity index is 147. The Labute approximate surface area is 77.3 Å². The zero-order valence-electron chi connectivity index (χ0n) is 8.01. The Kier molecular flexibility index (Phi) is 5.81. The van der Waals surface area contributed by atoms with Crippen molar-refractivity contribution < 1.29 is 24.5 Å². The number of hydrogen-bond donors (Lipinski definition) is 2. The van der Waals surface area contributed by atoms with Crippen LogP contribution in [-0.2, 0) is 14.3 Å². The van der Waals surface area contributed by atoms with Crippen molar-refractivity contribution in [2.24, 2.45) is 0 Å². The first kappa shape index (κ1) is 12.5. The highest BCUT2D eigenvalue weighted by molar-refractivity contribution is 5.57. The van der Waals surface area contributed by atoms with Crippen molar-refractivity contribution in [2.45, 2.75) is 31.3 Å². The molecule has 2 N–H and O–H groups in total. The van der Waals surface area contributed by atoms with Gasteiger partial charge >= 0.3 is 0 Å². The number of aliphatic hydroxyl groups is 2. The van der Waals surface area contributed by atoms with Gasteiger partial charge in [0.2, 0.25) is 0 Å². The predicted octanol–water partition coefficient (Wildman–Crippen LogP) is -1.04. The van der Waals surface area contributed by atoms with E-state index in [1.54, 1.807) is 0 Å². The number of rotatable bonds is 6. The van der Waals surface area contributed by atoms with E-state index in [1.807, 2.05) is 0 Å². The Hall–Kier alpha value is -0.490. The maximum Gasteiger partial charge on any atom is 0.151 e. The van der Waals surface area contributed by atoms with Gasteiger partial charge in [-0.05, 0) is 6.92 Å². The molecule has 0 aromatic heterocycles. The van der Waals surface area contributed by atoms with Crippen molar-refractivity contribution in [1.82, 2.24) is 0 Å². The van der Waals surface area contributed by atoms with Crippen LogP contribution in [0.1, 0.15) is 6.92 Å². The SMILES string of the molecule is CO[C@@H]([C@@H](O)[C@@H](C)O)[C@H](C=O)OC. The lowest BCUT2D eigenvalue weighted by molar-refractivity contribution is -0.143. The standard InChI is InChI=1S/C8H16O5/c1-5(10)7(11)8(13-3)6(4-9)12-2/h4-8,10-11H,1-3H3/t5-,6+,7+,8-/m1/s1. The second-order valence-corrected chi connectivity index (χ2v) is 2.77. The fraction of sp³-hybridized carbons (Fsp3) is 0.875. The minimum Gasteiger partial charge on any atom is -0.391 e. The molecule has 0 rings (SSSR count). The summed E-state index contributed by atoms with van der Waals surface area (Å²) in [5, 5.41) is 18.5. The molecule has 0 aromatic rings. The van der Waals surface area contributed by atoms with Crippen LogP contribution in [0.2, 0.25) is 0 Å². The van der Waals surface area contributed by atoms with E-state index in [4.69, 9.17) is 14.6 Å². The molecule has 78 valence electrons. The number of carbonyl (C=O) groups is 1. The summed E-state index contributed by atoms with van der Waals surface area (Å²) in [6, 6.07) is 0. The summed E-state index contributed by atoms with van der Waals surface area (Å²) in [5.41, 5.74) is 0. The predicted molar refractivity (Wildman–Crippen MR) is 45.3 cm³/mol. The van der Waals surface area contributed by atoms with E-state index in [1.165, 1.54) is 21.1 Å². The summed E-state index contributed by atoms with van der Waals surface area (Å²) in [5.74, 6) is 0. The average molecular weight is 192 g/mol. The Morgan fingerprint density at radius 2 is 1.77 bits per heavy atom. The molecule has 0 fully saturated rings. The van der Waals surface area contributed by atoms with Gasteiger partial charge < -0.3 is 24.5 Å². The molecule has 0 aromatic carbocycles. The van der Waals surface area contributed by atoms with E-state index in [9.17, 15) is 9.90 Å². The zero-order chi connectivity index (χ0) is 10.4. The van der Waals surface area contributed by atoms with Crippen LogP contribution in [0, 0.1) is 0 Å². The lowest BCUT2D eigenvalue weighted by Gasteiger charge is -2.26. The molecular weight excluding hydrogens is 176 g/mol. The molecule has 13 heavy (non-hydrogen) atoms. The van der Waals surface area contributed by atoms with Crippen LogP contribution < -0.4 is 0 Å². The summed E-state index contributed by atoms with van der Waals surface area (Å²) in [6.07, 6.45) is -3.29. The molecule has 0 saturated heterocycles. The summed E-state index contributed by atoms with van der Waals surface area (Å²) < 4.78 is 9.61. The van der Waals surface area contributed by atoms with Crippen molar-refractivity contribution in [3.63, 3.8) is 0 Å². The summed E-state index contributed by atoms with van der Waals surface area (Å²) in [7, 11) is 2.67. The van der Waals surface area contributed by atoms with E-state index in [2.05, 4.69) is 0 Å². The van der Waals surface area contributed by atoms with Gasteiger partial charge in [0.25, 0.3) is 0 Å². The van der Waals surface area contributed by atoms with Crippen molar-refractivity contribution in [1.29, 1.82) is 0 Å². The topological polar surface area (TPSA) is 76.0 Å². The van der Waals surface area contributed by atoms with Gasteiger partial charge in [-0.25, -0.2) is 0 Å². The van der Waals surface area contributed by atoms with Crippen LogP contribution in [0.25, 0.3) is 0 Å². The third-order valence-corrected chi connectivity index (χ3v) is 1.83. The molecule has 0 heterocycles. The van der Waals surface area contributed by atoms with E-state index < -0.39 is 24.4 Å². The second-order valence-electron chi connectivity index (χ2n) is 2.77. The molecule has 0 radical (unpaired) electrons. The Morgan fingerprint density at radius 1 is 1.23 bits per heavy atom. The largest absolute Gasteiger partial charge is 0.391 e. The normalized spacial score (nSPS) is 20.4. The fourth-order valence-corrected chi connectivity index (χ4v) is 1.01. The molecule has 0 unspecified atom stereocenters. The maximum absolute atomic E-state index is 10.5. The number of carbonyl (C=O) groups excluding carboxylic acids is 1. The van der Waals surface area contributed by atoms with Crippen LogP contribution in [0.4, 0.5) is 0 Å². The highest BCUT2D eigenvalue weighted by Crippen LogP contribution is 2.09. The van der Waals surface area contributed by atoms with Gasteiger partial charge in [-0.15, -0.1) is 0 Å². The molecule has 4 atom stereocenters. The third kappa shape index (κ3) is 3.40. The van der Waals surface area contributed by atoms with Crippen molar-refractivity contribution in [3.05, 3.63) is 0 Å². The molecule has 5 nitrogen and oxygen atoms in total. The molecule has 0 amide bonds. The quantitative estimate of drug-likeness (QED) is 0.525. The van der Waals surface area contributed by atoms with Gasteiger partial charge in [-0.3, -0.25) is 0 Å². The first-order valence-electron chi connectivity index (χ1n) is 3.95. The molecule has 0 spiro atoms. The molecule has 0 aliphatic heterocycles. The molecule has 0 aliphatic rings. The number of methoxy groups -OCH3 is 2. The number of hydrogen-bond acceptors (Lipinski definition) is 5. The van der Waals surface area contributed by atoms with Gasteiger partial charge in [-0.2, -0.15) is 0 Å². The van der Waals surface area contributed by atoms with Gasteiger partial charge in [0.15, 0.2) is 6.29 Å².